The number of carbonyl (C=O) groups is 2. The average molecular weight is 318 g/mol. The van der Waals surface area contributed by atoms with Crippen LogP contribution < -0.4 is 9.47 Å². The Morgan fingerprint density at radius 1 is 0.792 bits per heavy atom. The van der Waals surface area contributed by atoms with E-state index < -0.39 is 5.78 Å². The lowest BCUT2D eigenvalue weighted by Crippen LogP contribution is -2.09. The summed E-state index contributed by atoms with van der Waals surface area (Å²) in [4.78, 5) is 22.7. The molecule has 2 aromatic carbocycles. The van der Waals surface area contributed by atoms with Crippen LogP contribution >= 0.6 is 0 Å². The van der Waals surface area contributed by atoms with Gasteiger partial charge >= 0.3 is 0 Å². The highest BCUT2D eigenvalue weighted by Crippen LogP contribution is 2.15. The molecule has 2 aromatic rings. The number of rotatable bonds is 7. The summed E-state index contributed by atoms with van der Waals surface area (Å²) < 4.78 is 11.0. The summed E-state index contributed by atoms with van der Waals surface area (Å²) in [6.45, 7) is 0.592. The van der Waals surface area contributed by atoms with Crippen molar-refractivity contribution in [1.82, 2.24) is 0 Å². The molecule has 0 amide bonds. The highest BCUT2D eigenvalue weighted by atomic mass is 16.5. The normalized spacial score (nSPS) is 9.42. The van der Waals surface area contributed by atoms with Crippen LogP contribution in [0.4, 0.5) is 0 Å². The van der Waals surface area contributed by atoms with Gasteiger partial charge in [-0.05, 0) is 48.2 Å². The predicted molar refractivity (Wildman–Crippen MR) is 90.2 cm³/mol. The molecular weight excluding hydrogens is 304 g/mol. The van der Waals surface area contributed by atoms with Crippen molar-refractivity contribution in [3.63, 3.8) is 0 Å². The first-order valence-corrected chi connectivity index (χ1v) is 7.11. The Hall–Kier alpha value is -3.50. The molecule has 0 spiro atoms. The third-order valence-corrected chi connectivity index (χ3v) is 3.10. The molecule has 118 valence electrons. The Balaban J connectivity index is 1.83. The van der Waals surface area contributed by atoms with Crippen LogP contribution in [0.2, 0.25) is 0 Å². The van der Waals surface area contributed by atoms with Gasteiger partial charge < -0.3 is 9.47 Å². The van der Waals surface area contributed by atoms with Gasteiger partial charge in [0.15, 0.2) is 0 Å². The minimum atomic E-state index is -0.390. The van der Waals surface area contributed by atoms with Crippen LogP contribution in [-0.4, -0.2) is 24.8 Å². The third kappa shape index (κ3) is 4.50. The molecule has 2 rings (SSSR count). The number of hydrogen-bond donors (Lipinski definition) is 0. The Morgan fingerprint density at radius 2 is 1.38 bits per heavy atom. The van der Waals surface area contributed by atoms with Crippen LogP contribution in [0.1, 0.15) is 20.7 Å². The average Bonchev–Trinajstić information content (AvgIpc) is 2.64. The Labute approximate surface area is 140 Å². The van der Waals surface area contributed by atoms with Crippen LogP contribution in [0, 0.1) is 24.7 Å². The van der Waals surface area contributed by atoms with E-state index in [9.17, 15) is 9.59 Å². The first-order valence-electron chi connectivity index (χ1n) is 7.11. The fourth-order valence-corrected chi connectivity index (χ4v) is 1.92. The van der Waals surface area contributed by atoms with Gasteiger partial charge in [-0.3, -0.25) is 9.59 Å². The Kier molecular flexibility index (Phi) is 5.77. The van der Waals surface area contributed by atoms with E-state index in [-0.39, 0.29) is 5.78 Å². The van der Waals surface area contributed by atoms with E-state index in [0.717, 1.165) is 0 Å². The van der Waals surface area contributed by atoms with E-state index in [0.29, 0.717) is 35.8 Å². The molecule has 0 unspecified atom stereocenters. The van der Waals surface area contributed by atoms with Crippen LogP contribution in [0.15, 0.2) is 48.5 Å². The second-order valence-corrected chi connectivity index (χ2v) is 4.70. The predicted octanol–water partition coefficient (Wildman–Crippen LogP) is 2.78. The Bertz CT molecular complexity index is 820. The molecule has 0 saturated heterocycles. The SMILES string of the molecule is C#CC(=O)c1ccc(OCCOc2cccc(C(=O)C#C)c2)cc1. The number of carbonyl (C=O) groups excluding carboxylic acids is 2. The molecule has 0 aliphatic rings. The largest absolute Gasteiger partial charge is 0.490 e. The second kappa shape index (κ2) is 8.22. The zero-order chi connectivity index (χ0) is 17.4. The number of hydrogen-bond acceptors (Lipinski definition) is 4. The van der Waals surface area contributed by atoms with Gasteiger partial charge in [-0.2, -0.15) is 0 Å². The molecule has 0 radical (unpaired) electrons. The first-order chi connectivity index (χ1) is 11.6. The van der Waals surface area contributed by atoms with Gasteiger partial charge in [0.05, 0.1) is 0 Å². The molecule has 0 atom stereocenters. The summed E-state index contributed by atoms with van der Waals surface area (Å²) >= 11 is 0. The van der Waals surface area contributed by atoms with Gasteiger partial charge in [0.25, 0.3) is 0 Å². The quantitative estimate of drug-likeness (QED) is 0.341. The van der Waals surface area contributed by atoms with E-state index in [2.05, 4.69) is 11.8 Å². The second-order valence-electron chi connectivity index (χ2n) is 4.70. The molecule has 24 heavy (non-hydrogen) atoms. The fourth-order valence-electron chi connectivity index (χ4n) is 1.92. The molecule has 0 bridgehead atoms. The minimum Gasteiger partial charge on any atom is -0.490 e. The number of ketones is 2. The zero-order valence-electron chi connectivity index (χ0n) is 12.8. The molecule has 0 N–H and O–H groups in total. The maximum atomic E-state index is 11.4. The summed E-state index contributed by atoms with van der Waals surface area (Å²) in [6, 6.07) is 13.2. The number of benzene rings is 2. The minimum absolute atomic E-state index is 0.290. The van der Waals surface area contributed by atoms with Crippen LogP contribution in [0.3, 0.4) is 0 Å². The smallest absolute Gasteiger partial charge is 0.235 e. The van der Waals surface area contributed by atoms with Crippen molar-refractivity contribution in [1.29, 1.82) is 0 Å². The van der Waals surface area contributed by atoms with Gasteiger partial charge in [-0.15, -0.1) is 12.8 Å². The topological polar surface area (TPSA) is 52.6 Å². The van der Waals surface area contributed by atoms with Crippen LogP contribution in [0.25, 0.3) is 0 Å². The molecule has 0 heterocycles. The maximum Gasteiger partial charge on any atom is 0.235 e. The number of ether oxygens (including phenoxy) is 2. The third-order valence-electron chi connectivity index (χ3n) is 3.10. The van der Waals surface area contributed by atoms with E-state index in [1.165, 1.54) is 0 Å². The molecule has 4 nitrogen and oxygen atoms in total. The van der Waals surface area contributed by atoms with E-state index >= 15 is 0 Å². The van der Waals surface area contributed by atoms with Crippen molar-refractivity contribution in [2.45, 2.75) is 0 Å². The van der Waals surface area contributed by atoms with Crippen molar-refractivity contribution in [2.24, 2.45) is 0 Å². The van der Waals surface area contributed by atoms with Gasteiger partial charge in [0, 0.05) is 11.1 Å². The highest BCUT2D eigenvalue weighted by Gasteiger charge is 2.04. The van der Waals surface area contributed by atoms with Crippen LogP contribution in [0.5, 0.6) is 11.5 Å². The van der Waals surface area contributed by atoms with E-state index in [1.807, 2.05) is 0 Å². The van der Waals surface area contributed by atoms with Crippen molar-refractivity contribution < 1.29 is 19.1 Å². The van der Waals surface area contributed by atoms with Gasteiger partial charge in [0.1, 0.15) is 24.7 Å². The molecular formula is C20H14O4. The molecule has 0 fully saturated rings. The fraction of sp³-hybridized carbons (Fsp3) is 0.100. The molecule has 0 aromatic heterocycles. The summed E-state index contributed by atoms with van der Waals surface area (Å²) in [5.41, 5.74) is 0.848. The monoisotopic (exact) mass is 318 g/mol. The van der Waals surface area contributed by atoms with E-state index in [4.69, 9.17) is 22.3 Å². The molecule has 4 heteroatoms. The summed E-state index contributed by atoms with van der Waals surface area (Å²) in [7, 11) is 0. The molecule has 0 aliphatic carbocycles. The Morgan fingerprint density at radius 3 is 2.00 bits per heavy atom. The number of Topliss-reactive ketones (excluding diaryl/α,β-unsaturated/α-hetero) is 2. The van der Waals surface area contributed by atoms with Crippen molar-refractivity contribution in [2.75, 3.05) is 13.2 Å². The number of terminal acetylenes is 2. The standard InChI is InChI=1S/C20H14O4/c1-3-19(21)15-8-10-17(11-9-15)23-12-13-24-18-7-5-6-16(14-18)20(22)4-2/h1-2,5-11,14H,12-13H2. The summed E-state index contributed by atoms with van der Waals surface area (Å²) in [5, 5.41) is 0. The van der Waals surface area contributed by atoms with Gasteiger partial charge in [-0.1, -0.05) is 12.1 Å². The maximum absolute atomic E-state index is 11.4. The molecule has 0 saturated carbocycles. The van der Waals surface area contributed by atoms with Crippen LogP contribution in [-0.2, 0) is 0 Å². The van der Waals surface area contributed by atoms with E-state index in [1.54, 1.807) is 48.5 Å². The van der Waals surface area contributed by atoms with Gasteiger partial charge in [0.2, 0.25) is 11.6 Å². The lowest BCUT2D eigenvalue weighted by Gasteiger charge is -2.09. The molecule has 0 aliphatic heterocycles. The lowest BCUT2D eigenvalue weighted by molar-refractivity contribution is 0.104. The summed E-state index contributed by atoms with van der Waals surface area (Å²) in [5.74, 6) is 4.49. The highest BCUT2D eigenvalue weighted by molar-refractivity contribution is 6.09. The lowest BCUT2D eigenvalue weighted by atomic mass is 10.1. The van der Waals surface area contributed by atoms with Crippen molar-refractivity contribution in [3.05, 3.63) is 59.7 Å². The summed E-state index contributed by atoms with van der Waals surface area (Å²) in [6.07, 6.45) is 10.1. The first kappa shape index (κ1) is 16.9. The van der Waals surface area contributed by atoms with Crippen molar-refractivity contribution >= 4 is 11.6 Å². The zero-order valence-corrected chi connectivity index (χ0v) is 12.8. The van der Waals surface area contributed by atoms with Gasteiger partial charge in [-0.25, -0.2) is 0 Å². The van der Waals surface area contributed by atoms with Crippen molar-refractivity contribution in [3.8, 4) is 36.2 Å².